The number of hydrogen-bond donors (Lipinski definition) is 5. The van der Waals surface area contributed by atoms with E-state index in [0.29, 0.717) is 12.0 Å². The highest BCUT2D eigenvalue weighted by atomic mass is 32.2. The molecule has 0 aliphatic rings. The smallest absolute Gasteiger partial charge is 0.330 e. The predicted octanol–water partition coefficient (Wildman–Crippen LogP) is -0.235. The van der Waals surface area contributed by atoms with Crippen LogP contribution < -0.4 is 0 Å². The summed E-state index contributed by atoms with van der Waals surface area (Å²) in [7, 11) is -8.71. The molecule has 0 atom stereocenters. The lowest BCUT2D eigenvalue weighted by Gasteiger charge is -2.22. The quantitative estimate of drug-likeness (QED) is 0.316. The van der Waals surface area contributed by atoms with Crippen LogP contribution in [0.5, 0.6) is 0 Å². The van der Waals surface area contributed by atoms with Gasteiger partial charge in [0.25, 0.3) is 0 Å². The molecule has 8 nitrogen and oxygen atoms in total. The lowest BCUT2D eigenvalue weighted by atomic mass is 10.7. The summed E-state index contributed by atoms with van der Waals surface area (Å²) in [6.45, 7) is -0.0165. The van der Waals surface area contributed by atoms with E-state index < -0.39 is 27.8 Å². The summed E-state index contributed by atoms with van der Waals surface area (Å²) in [5.41, 5.74) is 0. The topological polar surface area (TPSA) is 139 Å². The molecule has 0 unspecified atom stereocenters. The van der Waals surface area contributed by atoms with Gasteiger partial charge in [0.1, 0.15) is 12.6 Å². The molecule has 0 bridgehead atoms. The number of nitrogens with zero attached hydrogens (tertiary/aromatic N) is 1. The van der Waals surface area contributed by atoms with Crippen molar-refractivity contribution >= 4 is 27.2 Å². The maximum absolute atomic E-state index is 10.6. The molecule has 0 spiro atoms. The van der Waals surface area contributed by atoms with Gasteiger partial charge in [0.2, 0.25) is 0 Å². The second-order valence-electron chi connectivity index (χ2n) is 2.84. The first-order valence-corrected chi connectivity index (χ1v) is 8.26. The Kier molecular flexibility index (Phi) is 6.58. The van der Waals surface area contributed by atoms with Crippen LogP contribution in [0.15, 0.2) is 0 Å². The highest BCUT2D eigenvalue weighted by Gasteiger charge is 2.25. The van der Waals surface area contributed by atoms with Gasteiger partial charge in [-0.25, -0.2) is 0 Å². The molecular weight excluding hydrogens is 268 g/mol. The summed E-state index contributed by atoms with van der Waals surface area (Å²) in [5, 5.41) is 0. The molecule has 0 aromatic rings. The third kappa shape index (κ3) is 10.8. The Balaban J connectivity index is 4.32. The van der Waals surface area contributed by atoms with Crippen LogP contribution in [0.2, 0.25) is 0 Å². The minimum absolute atomic E-state index is 0.0165. The van der Waals surface area contributed by atoms with Crippen molar-refractivity contribution in [1.82, 2.24) is 4.90 Å². The molecule has 0 saturated heterocycles. The Labute approximate surface area is 90.8 Å². The van der Waals surface area contributed by atoms with E-state index in [1.165, 1.54) is 0 Å². The molecule has 0 amide bonds. The zero-order valence-electron chi connectivity index (χ0n) is 7.63. The molecule has 0 aliphatic carbocycles. The van der Waals surface area contributed by atoms with Gasteiger partial charge in [-0.15, -0.1) is 0 Å². The monoisotopic (exact) mass is 281 g/mol. The van der Waals surface area contributed by atoms with Crippen molar-refractivity contribution < 1.29 is 33.3 Å². The summed E-state index contributed by atoms with van der Waals surface area (Å²) in [4.78, 5) is 35.4. The van der Waals surface area contributed by atoms with Crippen molar-refractivity contribution in [1.29, 1.82) is 0 Å². The molecule has 5 N–H and O–H groups in total. The predicted molar refractivity (Wildman–Crippen MR) is 55.6 cm³/mol. The van der Waals surface area contributed by atoms with Crippen molar-refractivity contribution in [3.05, 3.63) is 0 Å². The van der Waals surface area contributed by atoms with E-state index in [-0.39, 0.29) is 12.3 Å². The molecule has 15 heavy (non-hydrogen) atoms. The Morgan fingerprint density at radius 2 is 1.40 bits per heavy atom. The van der Waals surface area contributed by atoms with E-state index in [4.69, 9.17) is 24.1 Å². The van der Waals surface area contributed by atoms with Crippen LogP contribution in [0.4, 0.5) is 0 Å². The Morgan fingerprint density at radius 3 is 1.67 bits per heavy atom. The Bertz CT molecular complexity index is 250. The van der Waals surface area contributed by atoms with E-state index in [1.54, 1.807) is 0 Å². The van der Waals surface area contributed by atoms with Crippen LogP contribution in [0.3, 0.4) is 0 Å². The molecule has 0 aliphatic heterocycles. The van der Waals surface area contributed by atoms with Crippen LogP contribution in [0.1, 0.15) is 0 Å². The van der Waals surface area contributed by atoms with Crippen molar-refractivity contribution in [3.8, 4) is 0 Å². The average molecular weight is 281 g/mol. The maximum Gasteiger partial charge on any atom is 0.339 e. The SMILES string of the molecule is O=P(O)(O)CN(CCSO)CP(=O)(O)O. The number of hydrogen-bond acceptors (Lipinski definition) is 5. The van der Waals surface area contributed by atoms with E-state index in [2.05, 4.69) is 0 Å². The summed E-state index contributed by atoms with van der Waals surface area (Å²) in [6.07, 6.45) is -1.47. The minimum atomic E-state index is -4.36. The first-order valence-electron chi connectivity index (χ1n) is 3.72. The zero-order chi connectivity index (χ0) is 12.1. The molecule has 92 valence electrons. The van der Waals surface area contributed by atoms with Gasteiger partial charge in [0.15, 0.2) is 0 Å². The van der Waals surface area contributed by atoms with Gasteiger partial charge in [0, 0.05) is 12.3 Å². The van der Waals surface area contributed by atoms with Gasteiger partial charge < -0.3 is 24.1 Å². The van der Waals surface area contributed by atoms with Gasteiger partial charge in [-0.1, -0.05) is 0 Å². The van der Waals surface area contributed by atoms with Gasteiger partial charge in [-0.05, 0) is 12.0 Å². The summed E-state index contributed by atoms with van der Waals surface area (Å²) < 4.78 is 29.7. The highest BCUT2D eigenvalue weighted by molar-refractivity contribution is 7.93. The van der Waals surface area contributed by atoms with E-state index in [9.17, 15) is 9.13 Å². The first kappa shape index (κ1) is 15.6. The van der Waals surface area contributed by atoms with Crippen LogP contribution in [0, 0.1) is 0 Å². The fraction of sp³-hybridized carbons (Fsp3) is 1.00. The van der Waals surface area contributed by atoms with Crippen LogP contribution in [-0.2, 0) is 9.13 Å². The van der Waals surface area contributed by atoms with Crippen LogP contribution in [-0.4, -0.2) is 53.9 Å². The normalized spacial score (nSPS) is 13.5. The number of rotatable bonds is 7. The van der Waals surface area contributed by atoms with Gasteiger partial charge in [-0.2, -0.15) is 0 Å². The van der Waals surface area contributed by atoms with Gasteiger partial charge in [-0.3, -0.25) is 14.0 Å². The maximum atomic E-state index is 10.6. The average Bonchev–Trinajstić information content (AvgIpc) is 1.94. The molecule has 11 heteroatoms. The van der Waals surface area contributed by atoms with Crippen LogP contribution in [0.25, 0.3) is 0 Å². The fourth-order valence-electron chi connectivity index (χ4n) is 0.877. The molecule has 0 rings (SSSR count). The molecule has 0 aromatic carbocycles. The zero-order valence-corrected chi connectivity index (χ0v) is 10.2. The molecule has 0 radical (unpaired) electrons. The Hall–Kier alpha value is 0.570. The first-order chi connectivity index (χ1) is 6.64. The molecule has 0 saturated carbocycles. The summed E-state index contributed by atoms with van der Waals surface area (Å²) in [5.74, 6) is 0.111. The summed E-state index contributed by atoms with van der Waals surface area (Å²) in [6, 6.07) is 0. The largest absolute Gasteiger partial charge is 0.339 e. The Morgan fingerprint density at radius 1 is 1.00 bits per heavy atom. The van der Waals surface area contributed by atoms with Crippen molar-refractivity contribution in [2.24, 2.45) is 0 Å². The van der Waals surface area contributed by atoms with Gasteiger partial charge >= 0.3 is 15.2 Å². The van der Waals surface area contributed by atoms with Crippen molar-refractivity contribution in [2.45, 2.75) is 0 Å². The van der Waals surface area contributed by atoms with E-state index >= 15 is 0 Å². The van der Waals surface area contributed by atoms with Crippen molar-refractivity contribution in [3.63, 3.8) is 0 Å². The second kappa shape index (κ2) is 6.34. The molecular formula is C4H13NO7P2S. The fourth-order valence-corrected chi connectivity index (χ4v) is 2.90. The lowest BCUT2D eigenvalue weighted by molar-refractivity contribution is 0.286. The summed E-state index contributed by atoms with van der Waals surface area (Å²) >= 11 is 0.434. The third-order valence-electron chi connectivity index (χ3n) is 1.27. The van der Waals surface area contributed by atoms with E-state index in [1.807, 2.05) is 0 Å². The molecule has 0 aromatic heterocycles. The van der Waals surface area contributed by atoms with E-state index in [0.717, 1.165) is 4.90 Å². The van der Waals surface area contributed by atoms with Gasteiger partial charge in [0.05, 0.1) is 0 Å². The standard InChI is InChI=1S/C4H13NO7P2S/c6-13(7,8)3-5(1-2-15-12)4-14(9,10)11/h12H,1-4H2,(H2,6,7,8)(H2,9,10,11). The van der Waals surface area contributed by atoms with Crippen molar-refractivity contribution in [2.75, 3.05) is 24.9 Å². The highest BCUT2D eigenvalue weighted by Crippen LogP contribution is 2.40. The second-order valence-corrected chi connectivity index (χ2v) is 6.73. The minimum Gasteiger partial charge on any atom is -0.330 e. The third-order valence-corrected chi connectivity index (χ3v) is 3.17. The van der Waals surface area contributed by atoms with Crippen LogP contribution >= 0.6 is 27.2 Å². The molecule has 0 fully saturated rings. The molecule has 0 heterocycles. The lowest BCUT2D eigenvalue weighted by Crippen LogP contribution is -2.28.